The van der Waals surface area contributed by atoms with Gasteiger partial charge in [-0.1, -0.05) is 54.6 Å². The Morgan fingerprint density at radius 2 is 1.33 bits per heavy atom. The first-order valence-electron chi connectivity index (χ1n) is 7.33. The van der Waals surface area contributed by atoms with Gasteiger partial charge in [-0.3, -0.25) is 0 Å². The number of aliphatic hydroxyl groups is 1. The summed E-state index contributed by atoms with van der Waals surface area (Å²) in [5.74, 6) is 0. The summed E-state index contributed by atoms with van der Waals surface area (Å²) in [4.78, 5) is 0. The third-order valence-corrected chi connectivity index (χ3v) is 3.30. The van der Waals surface area contributed by atoms with Crippen molar-refractivity contribution in [3.05, 3.63) is 71.3 Å². The molecule has 2 aromatic rings. The van der Waals surface area contributed by atoms with Crippen molar-refractivity contribution in [1.29, 1.82) is 0 Å². The molecule has 0 aliphatic rings. The van der Waals surface area contributed by atoms with Crippen LogP contribution in [0.5, 0.6) is 0 Å². The molecule has 0 aliphatic carbocycles. The summed E-state index contributed by atoms with van der Waals surface area (Å²) in [6.45, 7) is 4.98. The molecule has 0 bridgehead atoms. The predicted octanol–water partition coefficient (Wildman–Crippen LogP) is 3.84. The monoisotopic (exact) mass is 286 g/mol. The summed E-state index contributed by atoms with van der Waals surface area (Å²) in [7, 11) is 0. The lowest BCUT2D eigenvalue weighted by Crippen LogP contribution is -2.13. The van der Waals surface area contributed by atoms with Gasteiger partial charge in [0, 0.05) is 18.8 Å². The third kappa shape index (κ3) is 3.91. The normalized spacial score (nSPS) is 12.6. The summed E-state index contributed by atoms with van der Waals surface area (Å²) >= 11 is 0. The van der Waals surface area contributed by atoms with Crippen LogP contribution in [-0.4, -0.2) is 18.3 Å². The lowest BCUT2D eigenvalue weighted by molar-refractivity contribution is -0.141. The summed E-state index contributed by atoms with van der Waals surface area (Å²) in [5.41, 5.74) is 2.55. The fraction of sp³-hybridized carbons (Fsp3) is 0.333. The molecule has 0 spiro atoms. The number of aliphatic hydroxyl groups excluding tert-OH is 1. The lowest BCUT2D eigenvalue weighted by Gasteiger charge is -2.22. The largest absolute Gasteiger partial charge is 0.384 e. The van der Waals surface area contributed by atoms with Crippen molar-refractivity contribution in [2.75, 3.05) is 13.2 Å². The van der Waals surface area contributed by atoms with E-state index in [4.69, 9.17) is 9.47 Å². The molecule has 0 aromatic heterocycles. The van der Waals surface area contributed by atoms with E-state index in [1.54, 1.807) is 0 Å². The van der Waals surface area contributed by atoms with Gasteiger partial charge in [-0.2, -0.15) is 0 Å². The molecule has 112 valence electrons. The van der Waals surface area contributed by atoms with E-state index in [1.165, 1.54) is 0 Å². The van der Waals surface area contributed by atoms with Crippen LogP contribution < -0.4 is 0 Å². The van der Waals surface area contributed by atoms with E-state index < -0.39 is 12.4 Å². The second-order valence-corrected chi connectivity index (χ2v) is 4.68. The van der Waals surface area contributed by atoms with Gasteiger partial charge in [-0.25, -0.2) is 0 Å². The molecule has 0 saturated heterocycles. The first-order chi connectivity index (χ1) is 10.3. The third-order valence-electron chi connectivity index (χ3n) is 3.30. The molecule has 1 unspecified atom stereocenters. The van der Waals surface area contributed by atoms with E-state index in [9.17, 15) is 5.11 Å². The molecule has 0 heterocycles. The molecule has 0 amide bonds. The van der Waals surface area contributed by atoms with Crippen LogP contribution >= 0.6 is 0 Å². The Balaban J connectivity index is 2.35. The highest BCUT2D eigenvalue weighted by Gasteiger charge is 2.20. The van der Waals surface area contributed by atoms with Crippen LogP contribution in [0.3, 0.4) is 0 Å². The molecule has 0 saturated carbocycles. The molecule has 3 nitrogen and oxygen atoms in total. The Kier molecular flexibility index (Phi) is 5.93. The first-order valence-corrected chi connectivity index (χ1v) is 7.33. The van der Waals surface area contributed by atoms with Crippen LogP contribution in [0.1, 0.15) is 42.9 Å². The first kappa shape index (κ1) is 15.7. The smallest absolute Gasteiger partial charge is 0.184 e. The molecule has 2 rings (SSSR count). The molecular formula is C18H22O3. The molecule has 2 aromatic carbocycles. The Morgan fingerprint density at radius 3 is 1.90 bits per heavy atom. The minimum Gasteiger partial charge on any atom is -0.384 e. The van der Waals surface area contributed by atoms with Crippen molar-refractivity contribution in [2.24, 2.45) is 0 Å². The maximum absolute atomic E-state index is 10.6. The highest BCUT2D eigenvalue weighted by molar-refractivity contribution is 5.36. The summed E-state index contributed by atoms with van der Waals surface area (Å²) in [5, 5.41) is 10.6. The molecule has 1 N–H and O–H groups in total. The second-order valence-electron chi connectivity index (χ2n) is 4.68. The van der Waals surface area contributed by atoms with Gasteiger partial charge in [-0.05, 0) is 25.0 Å². The van der Waals surface area contributed by atoms with Crippen molar-refractivity contribution in [3.8, 4) is 0 Å². The lowest BCUT2D eigenvalue weighted by atomic mass is 9.96. The fourth-order valence-electron chi connectivity index (χ4n) is 2.32. The minimum absolute atomic E-state index is 0.449. The Labute approximate surface area is 126 Å². The van der Waals surface area contributed by atoms with Crippen LogP contribution in [0.15, 0.2) is 54.6 Å². The van der Waals surface area contributed by atoms with Crippen LogP contribution in [0.25, 0.3) is 0 Å². The van der Waals surface area contributed by atoms with E-state index in [2.05, 4.69) is 0 Å². The van der Waals surface area contributed by atoms with E-state index in [-0.39, 0.29) is 0 Å². The van der Waals surface area contributed by atoms with Crippen molar-refractivity contribution in [3.63, 3.8) is 0 Å². The van der Waals surface area contributed by atoms with E-state index in [0.29, 0.717) is 13.2 Å². The number of rotatable bonds is 7. The van der Waals surface area contributed by atoms with Gasteiger partial charge < -0.3 is 14.6 Å². The zero-order chi connectivity index (χ0) is 15.1. The molecule has 0 radical (unpaired) electrons. The highest BCUT2D eigenvalue weighted by Crippen LogP contribution is 2.30. The van der Waals surface area contributed by atoms with Gasteiger partial charge in [0.25, 0.3) is 0 Å². The standard InChI is InChI=1S/C18H22O3/c1-3-20-18(21-4-2)16-13-9-8-12-15(16)17(19)14-10-6-5-7-11-14/h5-13,17-19H,3-4H2,1-2H3. The van der Waals surface area contributed by atoms with E-state index in [0.717, 1.165) is 16.7 Å². The van der Waals surface area contributed by atoms with Gasteiger partial charge >= 0.3 is 0 Å². The fourth-order valence-corrected chi connectivity index (χ4v) is 2.32. The van der Waals surface area contributed by atoms with Crippen molar-refractivity contribution < 1.29 is 14.6 Å². The summed E-state index contributed by atoms with van der Waals surface area (Å²) < 4.78 is 11.3. The van der Waals surface area contributed by atoms with Crippen LogP contribution in [-0.2, 0) is 9.47 Å². The van der Waals surface area contributed by atoms with Gasteiger partial charge in [0.1, 0.15) is 6.10 Å². The molecule has 3 heteroatoms. The molecule has 0 aliphatic heterocycles. The average molecular weight is 286 g/mol. The molecule has 21 heavy (non-hydrogen) atoms. The van der Waals surface area contributed by atoms with Crippen molar-refractivity contribution in [2.45, 2.75) is 26.2 Å². The zero-order valence-electron chi connectivity index (χ0n) is 12.5. The zero-order valence-corrected chi connectivity index (χ0v) is 12.5. The van der Waals surface area contributed by atoms with Crippen LogP contribution in [0.4, 0.5) is 0 Å². The Morgan fingerprint density at radius 1 is 0.810 bits per heavy atom. The van der Waals surface area contributed by atoms with Crippen LogP contribution in [0, 0.1) is 0 Å². The number of benzene rings is 2. The van der Waals surface area contributed by atoms with Crippen molar-refractivity contribution in [1.82, 2.24) is 0 Å². The molecule has 1 atom stereocenters. The van der Waals surface area contributed by atoms with Crippen LogP contribution in [0.2, 0.25) is 0 Å². The van der Waals surface area contributed by atoms with Gasteiger partial charge in [0.2, 0.25) is 0 Å². The number of ether oxygens (including phenoxy) is 2. The van der Waals surface area contributed by atoms with Gasteiger partial charge in [-0.15, -0.1) is 0 Å². The van der Waals surface area contributed by atoms with Crippen molar-refractivity contribution >= 4 is 0 Å². The Hall–Kier alpha value is -1.68. The molecule has 0 fully saturated rings. The summed E-state index contributed by atoms with van der Waals surface area (Å²) in [6, 6.07) is 17.3. The average Bonchev–Trinajstić information content (AvgIpc) is 2.55. The number of hydrogen-bond acceptors (Lipinski definition) is 3. The van der Waals surface area contributed by atoms with E-state index >= 15 is 0 Å². The number of hydrogen-bond donors (Lipinski definition) is 1. The van der Waals surface area contributed by atoms with Gasteiger partial charge in [0.05, 0.1) is 0 Å². The van der Waals surface area contributed by atoms with E-state index in [1.807, 2.05) is 68.4 Å². The second kappa shape index (κ2) is 7.93. The highest BCUT2D eigenvalue weighted by atomic mass is 16.7. The maximum atomic E-state index is 10.6. The molecular weight excluding hydrogens is 264 g/mol. The maximum Gasteiger partial charge on any atom is 0.184 e. The topological polar surface area (TPSA) is 38.7 Å². The summed E-state index contributed by atoms with van der Waals surface area (Å²) in [6.07, 6.45) is -1.14. The predicted molar refractivity (Wildman–Crippen MR) is 82.9 cm³/mol. The van der Waals surface area contributed by atoms with Gasteiger partial charge in [0.15, 0.2) is 6.29 Å². The minimum atomic E-state index is -0.689. The SMILES string of the molecule is CCOC(OCC)c1ccccc1C(O)c1ccccc1. The Bertz CT molecular complexity index is 533. The quantitative estimate of drug-likeness (QED) is 0.786.